The van der Waals surface area contributed by atoms with E-state index in [0.29, 0.717) is 5.76 Å². The Labute approximate surface area is 110 Å². The third-order valence-corrected chi connectivity index (χ3v) is 2.54. The molecular weight excluding hydrogens is 245 g/mol. The van der Waals surface area contributed by atoms with Crippen molar-refractivity contribution in [2.75, 3.05) is 5.32 Å². The minimum atomic E-state index is -0.449. The molecular formula is C15H14FNO2. The quantitative estimate of drug-likeness (QED) is 0.854. The predicted octanol–water partition coefficient (Wildman–Crippen LogP) is 3.69. The maximum absolute atomic E-state index is 13.5. The largest absolute Gasteiger partial charge is 0.462 e. The van der Waals surface area contributed by atoms with Gasteiger partial charge in [0, 0.05) is 6.08 Å². The summed E-state index contributed by atoms with van der Waals surface area (Å²) in [5.74, 6) is 0.495. The molecule has 0 aliphatic rings. The number of amides is 1. The second-order valence-electron chi connectivity index (χ2n) is 4.25. The van der Waals surface area contributed by atoms with Crippen molar-refractivity contribution >= 4 is 17.7 Å². The number of carbonyl (C=O) groups excluding carboxylic acids is 1. The highest BCUT2D eigenvalue weighted by Gasteiger charge is 2.04. The third kappa shape index (κ3) is 3.55. The minimum Gasteiger partial charge on any atom is -0.462 e. The average molecular weight is 259 g/mol. The zero-order valence-electron chi connectivity index (χ0n) is 10.7. The molecule has 1 aromatic heterocycles. The number of carbonyl (C=O) groups is 1. The number of nitrogens with one attached hydrogen (secondary N) is 1. The Balaban J connectivity index is 2.03. The first-order valence-corrected chi connectivity index (χ1v) is 5.86. The lowest BCUT2D eigenvalue weighted by atomic mass is 10.2. The van der Waals surface area contributed by atoms with Gasteiger partial charge >= 0.3 is 0 Å². The number of furan rings is 1. The first-order chi connectivity index (χ1) is 9.04. The Morgan fingerprint density at radius 3 is 2.68 bits per heavy atom. The molecule has 1 aromatic carbocycles. The van der Waals surface area contributed by atoms with E-state index in [9.17, 15) is 9.18 Å². The number of hydrogen-bond acceptors (Lipinski definition) is 2. The normalized spacial score (nSPS) is 10.9. The molecule has 0 radical (unpaired) electrons. The molecule has 3 nitrogen and oxygen atoms in total. The lowest BCUT2D eigenvalue weighted by molar-refractivity contribution is -0.111. The molecule has 1 heterocycles. The number of benzene rings is 1. The number of rotatable bonds is 3. The van der Waals surface area contributed by atoms with Gasteiger partial charge in [-0.1, -0.05) is 6.07 Å². The first-order valence-electron chi connectivity index (χ1n) is 5.86. The van der Waals surface area contributed by atoms with E-state index in [1.807, 2.05) is 6.92 Å². The van der Waals surface area contributed by atoms with Crippen LogP contribution in [-0.4, -0.2) is 5.91 Å². The van der Waals surface area contributed by atoms with Crippen LogP contribution in [0.15, 0.2) is 40.8 Å². The fourth-order valence-electron chi connectivity index (χ4n) is 1.60. The van der Waals surface area contributed by atoms with Crippen LogP contribution in [0.4, 0.5) is 10.1 Å². The Bertz CT molecular complexity index is 629. The molecule has 0 aliphatic carbocycles. The van der Waals surface area contributed by atoms with E-state index in [4.69, 9.17) is 4.42 Å². The lowest BCUT2D eigenvalue weighted by Gasteiger charge is -2.04. The van der Waals surface area contributed by atoms with Gasteiger partial charge in [0.05, 0.1) is 5.69 Å². The smallest absolute Gasteiger partial charge is 0.248 e. The Morgan fingerprint density at radius 2 is 2.05 bits per heavy atom. The number of hydrogen-bond donors (Lipinski definition) is 1. The van der Waals surface area contributed by atoms with Gasteiger partial charge in [0.15, 0.2) is 0 Å². The molecule has 0 unspecified atom stereocenters. The summed E-state index contributed by atoms with van der Waals surface area (Å²) in [6.07, 6.45) is 2.84. The summed E-state index contributed by atoms with van der Waals surface area (Å²) in [4.78, 5) is 11.6. The van der Waals surface area contributed by atoms with Crippen molar-refractivity contribution in [1.29, 1.82) is 0 Å². The number of aryl methyl sites for hydroxylation is 2. The van der Waals surface area contributed by atoms with E-state index in [1.165, 1.54) is 24.3 Å². The minimum absolute atomic E-state index is 0.163. The summed E-state index contributed by atoms with van der Waals surface area (Å²) >= 11 is 0. The van der Waals surface area contributed by atoms with Gasteiger partial charge in [0.2, 0.25) is 5.91 Å². The fourth-order valence-corrected chi connectivity index (χ4v) is 1.60. The standard InChI is InChI=1S/C15H14FNO2/c1-10-3-7-14(13(16)9-10)17-15(18)8-6-12-5-4-11(2)19-12/h3-9H,1-2H3,(H,17,18)/b8-6+. The molecule has 98 valence electrons. The molecule has 0 aliphatic heterocycles. The summed E-state index contributed by atoms with van der Waals surface area (Å²) in [7, 11) is 0. The van der Waals surface area contributed by atoms with E-state index in [-0.39, 0.29) is 5.69 Å². The number of halogens is 1. The van der Waals surface area contributed by atoms with Gasteiger partial charge in [0.25, 0.3) is 0 Å². The molecule has 0 saturated heterocycles. The van der Waals surface area contributed by atoms with Gasteiger partial charge in [-0.15, -0.1) is 0 Å². The molecule has 4 heteroatoms. The molecule has 2 aromatic rings. The highest BCUT2D eigenvalue weighted by molar-refractivity contribution is 6.01. The van der Waals surface area contributed by atoms with E-state index >= 15 is 0 Å². The van der Waals surface area contributed by atoms with Gasteiger partial charge in [-0.25, -0.2) is 4.39 Å². The topological polar surface area (TPSA) is 42.2 Å². The van der Waals surface area contributed by atoms with E-state index < -0.39 is 11.7 Å². The van der Waals surface area contributed by atoms with Crippen LogP contribution in [0.3, 0.4) is 0 Å². The van der Waals surface area contributed by atoms with Crippen LogP contribution in [0, 0.1) is 19.7 Å². The Morgan fingerprint density at radius 1 is 1.26 bits per heavy atom. The summed E-state index contributed by atoms with van der Waals surface area (Å²) in [6.45, 7) is 3.60. The molecule has 19 heavy (non-hydrogen) atoms. The van der Waals surface area contributed by atoms with Gasteiger partial charge < -0.3 is 9.73 Å². The maximum Gasteiger partial charge on any atom is 0.248 e. The molecule has 2 rings (SSSR count). The van der Waals surface area contributed by atoms with Crippen molar-refractivity contribution in [2.24, 2.45) is 0 Å². The van der Waals surface area contributed by atoms with Crippen molar-refractivity contribution in [2.45, 2.75) is 13.8 Å². The van der Waals surface area contributed by atoms with Gasteiger partial charge in [-0.3, -0.25) is 4.79 Å². The Hall–Kier alpha value is -2.36. The van der Waals surface area contributed by atoms with Crippen LogP contribution in [0.2, 0.25) is 0 Å². The molecule has 0 bridgehead atoms. The SMILES string of the molecule is Cc1ccc(NC(=O)/C=C/c2ccc(C)o2)c(F)c1. The van der Waals surface area contributed by atoms with E-state index in [2.05, 4.69) is 5.32 Å². The summed E-state index contributed by atoms with van der Waals surface area (Å²) in [6, 6.07) is 8.20. The molecule has 0 spiro atoms. The molecule has 0 fully saturated rings. The third-order valence-electron chi connectivity index (χ3n) is 2.54. The summed E-state index contributed by atoms with van der Waals surface area (Å²) < 4.78 is 18.8. The second-order valence-corrected chi connectivity index (χ2v) is 4.25. The number of anilines is 1. The van der Waals surface area contributed by atoms with Crippen molar-refractivity contribution in [1.82, 2.24) is 0 Å². The molecule has 1 amide bonds. The molecule has 0 saturated carbocycles. The van der Waals surface area contributed by atoms with Crippen LogP contribution >= 0.6 is 0 Å². The van der Waals surface area contributed by atoms with Crippen LogP contribution in [0.5, 0.6) is 0 Å². The van der Waals surface area contributed by atoms with Crippen LogP contribution in [0.25, 0.3) is 6.08 Å². The highest BCUT2D eigenvalue weighted by atomic mass is 19.1. The maximum atomic E-state index is 13.5. The van der Waals surface area contributed by atoms with Gasteiger partial charge in [-0.2, -0.15) is 0 Å². The Kier molecular flexibility index (Phi) is 3.80. The summed E-state index contributed by atoms with van der Waals surface area (Å²) in [5.41, 5.74) is 0.966. The van der Waals surface area contributed by atoms with Crippen LogP contribution in [-0.2, 0) is 4.79 Å². The monoisotopic (exact) mass is 259 g/mol. The second kappa shape index (κ2) is 5.52. The lowest BCUT2D eigenvalue weighted by Crippen LogP contribution is -2.09. The van der Waals surface area contributed by atoms with Gasteiger partial charge in [-0.05, 0) is 49.8 Å². The zero-order valence-corrected chi connectivity index (χ0v) is 10.7. The van der Waals surface area contributed by atoms with Crippen molar-refractivity contribution in [3.05, 3.63) is 59.3 Å². The van der Waals surface area contributed by atoms with E-state index in [0.717, 1.165) is 11.3 Å². The first kappa shape index (κ1) is 13.1. The molecule has 0 atom stereocenters. The van der Waals surface area contributed by atoms with Crippen LogP contribution < -0.4 is 5.32 Å². The van der Waals surface area contributed by atoms with Crippen molar-refractivity contribution in [3.63, 3.8) is 0 Å². The molecule has 1 N–H and O–H groups in total. The van der Waals surface area contributed by atoms with Gasteiger partial charge in [0.1, 0.15) is 17.3 Å². The zero-order chi connectivity index (χ0) is 13.8. The highest BCUT2D eigenvalue weighted by Crippen LogP contribution is 2.15. The predicted molar refractivity (Wildman–Crippen MR) is 72.2 cm³/mol. The van der Waals surface area contributed by atoms with Crippen molar-refractivity contribution in [3.8, 4) is 0 Å². The summed E-state index contributed by atoms with van der Waals surface area (Å²) in [5, 5.41) is 2.47. The van der Waals surface area contributed by atoms with E-state index in [1.54, 1.807) is 25.1 Å². The van der Waals surface area contributed by atoms with Crippen LogP contribution in [0.1, 0.15) is 17.1 Å². The fraction of sp³-hybridized carbons (Fsp3) is 0.133. The average Bonchev–Trinajstić information content (AvgIpc) is 2.76. The van der Waals surface area contributed by atoms with Crippen molar-refractivity contribution < 1.29 is 13.6 Å².